The lowest BCUT2D eigenvalue weighted by molar-refractivity contribution is 0.0627. The summed E-state index contributed by atoms with van der Waals surface area (Å²) in [6.45, 7) is 9.72. The molecule has 1 aliphatic heterocycles. The summed E-state index contributed by atoms with van der Waals surface area (Å²) in [5.74, 6) is 0.917. The van der Waals surface area contributed by atoms with Crippen molar-refractivity contribution >= 4 is 21.8 Å². The van der Waals surface area contributed by atoms with Crippen LogP contribution in [0.15, 0.2) is 39.5 Å². The van der Waals surface area contributed by atoms with Crippen molar-refractivity contribution in [3.05, 3.63) is 63.2 Å². The number of halogens is 1. The normalized spacial score (nSPS) is 15.1. The van der Waals surface area contributed by atoms with Gasteiger partial charge in [0, 0.05) is 42.8 Å². The third-order valence-electron chi connectivity index (χ3n) is 5.53. The van der Waals surface area contributed by atoms with Gasteiger partial charge >= 0.3 is 0 Å². The smallest absolute Gasteiger partial charge is 0.257 e. The summed E-state index contributed by atoms with van der Waals surface area (Å²) in [7, 11) is 0. The van der Waals surface area contributed by atoms with Crippen molar-refractivity contribution in [1.82, 2.24) is 24.7 Å². The molecule has 0 radical (unpaired) electrons. The Balaban J connectivity index is 1.42. The number of piperazine rings is 1. The monoisotopic (exact) mass is 457 g/mol. The Kier molecular flexibility index (Phi) is 5.56. The van der Waals surface area contributed by atoms with E-state index in [4.69, 9.17) is 4.52 Å². The number of amides is 1. The zero-order chi connectivity index (χ0) is 20.5. The van der Waals surface area contributed by atoms with Gasteiger partial charge in [0.15, 0.2) is 0 Å². The maximum Gasteiger partial charge on any atom is 0.257 e. The number of nitrogens with zero attached hydrogens (tertiary/aromatic N) is 5. The van der Waals surface area contributed by atoms with Crippen LogP contribution in [0.2, 0.25) is 0 Å². The molecule has 0 N–H and O–H groups in total. The summed E-state index contributed by atoms with van der Waals surface area (Å²) < 4.78 is 8.08. The van der Waals surface area contributed by atoms with Crippen molar-refractivity contribution in [2.75, 3.05) is 26.2 Å². The molecule has 0 unspecified atom stereocenters. The van der Waals surface area contributed by atoms with Crippen LogP contribution >= 0.6 is 15.9 Å². The van der Waals surface area contributed by atoms with Gasteiger partial charge in [0.25, 0.3) is 5.91 Å². The van der Waals surface area contributed by atoms with Crippen LogP contribution in [0.5, 0.6) is 0 Å². The van der Waals surface area contributed by atoms with Gasteiger partial charge in [-0.2, -0.15) is 5.10 Å². The lowest BCUT2D eigenvalue weighted by atomic mass is 10.1. The maximum atomic E-state index is 13.1. The number of hydrogen-bond acceptors (Lipinski definition) is 5. The molecule has 3 aromatic rings. The van der Waals surface area contributed by atoms with E-state index in [1.165, 1.54) is 0 Å². The molecule has 1 saturated heterocycles. The van der Waals surface area contributed by atoms with Gasteiger partial charge in [0.1, 0.15) is 5.76 Å². The van der Waals surface area contributed by atoms with Gasteiger partial charge in [0.2, 0.25) is 0 Å². The molecule has 29 heavy (non-hydrogen) atoms. The van der Waals surface area contributed by atoms with Crippen molar-refractivity contribution in [1.29, 1.82) is 0 Å². The number of hydrogen-bond donors (Lipinski definition) is 0. The van der Waals surface area contributed by atoms with Gasteiger partial charge in [-0.3, -0.25) is 9.69 Å². The Morgan fingerprint density at radius 3 is 2.41 bits per heavy atom. The fourth-order valence-corrected chi connectivity index (χ4v) is 3.96. The van der Waals surface area contributed by atoms with E-state index in [2.05, 4.69) is 31.1 Å². The quantitative estimate of drug-likeness (QED) is 0.599. The summed E-state index contributed by atoms with van der Waals surface area (Å²) in [6.07, 6.45) is 1.68. The number of rotatable bonds is 4. The standard InChI is InChI=1S/C21H24BrN5O2/c1-14-20(16(3)29-24-14)13-25-8-10-26(11-9-25)21(28)19-12-23-27(15(19)2)18-6-4-17(22)5-7-18/h4-7,12H,8-11,13H2,1-3H3. The minimum absolute atomic E-state index is 0.0443. The third kappa shape index (κ3) is 4.00. The molecular formula is C21H24BrN5O2. The van der Waals surface area contributed by atoms with Crippen LogP contribution < -0.4 is 0 Å². The molecule has 1 amide bonds. The van der Waals surface area contributed by atoms with Gasteiger partial charge in [0.05, 0.1) is 28.8 Å². The SMILES string of the molecule is Cc1noc(C)c1CN1CCN(C(=O)c2cnn(-c3ccc(Br)cc3)c2C)CC1. The summed E-state index contributed by atoms with van der Waals surface area (Å²) >= 11 is 3.45. The number of benzene rings is 1. The topological polar surface area (TPSA) is 67.4 Å². The first kappa shape index (κ1) is 19.8. The molecule has 1 aromatic carbocycles. The van der Waals surface area contributed by atoms with Crippen molar-refractivity contribution in [3.63, 3.8) is 0 Å². The van der Waals surface area contributed by atoms with Crippen molar-refractivity contribution in [2.45, 2.75) is 27.3 Å². The van der Waals surface area contributed by atoms with Gasteiger partial charge < -0.3 is 9.42 Å². The highest BCUT2D eigenvalue weighted by molar-refractivity contribution is 9.10. The van der Waals surface area contributed by atoms with E-state index >= 15 is 0 Å². The Hall–Kier alpha value is -2.45. The summed E-state index contributed by atoms with van der Waals surface area (Å²) in [6, 6.07) is 7.89. The van der Waals surface area contributed by atoms with E-state index in [1.807, 2.05) is 54.6 Å². The van der Waals surface area contributed by atoms with Gasteiger partial charge in [-0.1, -0.05) is 21.1 Å². The van der Waals surface area contributed by atoms with Crippen LogP contribution in [-0.2, 0) is 6.54 Å². The molecule has 2 aromatic heterocycles. The molecule has 1 aliphatic rings. The van der Waals surface area contributed by atoms with E-state index in [9.17, 15) is 4.79 Å². The second-order valence-corrected chi connectivity index (χ2v) is 8.32. The molecule has 8 heteroatoms. The highest BCUT2D eigenvalue weighted by atomic mass is 79.9. The van der Waals surface area contributed by atoms with Crippen LogP contribution in [0.1, 0.15) is 33.1 Å². The van der Waals surface area contributed by atoms with Crippen LogP contribution in [0.25, 0.3) is 5.69 Å². The summed E-state index contributed by atoms with van der Waals surface area (Å²) in [5, 5.41) is 8.47. The largest absolute Gasteiger partial charge is 0.361 e. The van der Waals surface area contributed by atoms with Crippen LogP contribution in [0.4, 0.5) is 0 Å². The molecule has 0 bridgehead atoms. The number of carbonyl (C=O) groups excluding carboxylic acids is 1. The third-order valence-corrected chi connectivity index (χ3v) is 6.06. The number of aromatic nitrogens is 3. The highest BCUT2D eigenvalue weighted by Crippen LogP contribution is 2.20. The van der Waals surface area contributed by atoms with E-state index < -0.39 is 0 Å². The maximum absolute atomic E-state index is 13.1. The molecule has 0 saturated carbocycles. The second-order valence-electron chi connectivity index (χ2n) is 7.40. The lowest BCUT2D eigenvalue weighted by Gasteiger charge is -2.34. The molecule has 3 heterocycles. The second kappa shape index (κ2) is 8.12. The van der Waals surface area contributed by atoms with E-state index in [0.717, 1.165) is 52.5 Å². The lowest BCUT2D eigenvalue weighted by Crippen LogP contribution is -2.48. The van der Waals surface area contributed by atoms with Crippen molar-refractivity contribution in [2.24, 2.45) is 0 Å². The molecule has 0 atom stereocenters. The van der Waals surface area contributed by atoms with E-state index in [1.54, 1.807) is 6.20 Å². The minimum Gasteiger partial charge on any atom is -0.361 e. The van der Waals surface area contributed by atoms with Gasteiger partial charge in [-0.25, -0.2) is 4.68 Å². The zero-order valence-electron chi connectivity index (χ0n) is 16.9. The Morgan fingerprint density at radius 1 is 1.10 bits per heavy atom. The molecule has 1 fully saturated rings. The molecule has 152 valence electrons. The first-order valence-electron chi connectivity index (χ1n) is 9.68. The Morgan fingerprint density at radius 2 is 1.79 bits per heavy atom. The molecule has 0 aliphatic carbocycles. The summed E-state index contributed by atoms with van der Waals surface area (Å²) in [5.41, 5.74) is 4.55. The molecule has 4 rings (SSSR count). The highest BCUT2D eigenvalue weighted by Gasteiger charge is 2.26. The van der Waals surface area contributed by atoms with Gasteiger partial charge in [-0.05, 0) is 45.0 Å². The number of carbonyl (C=O) groups is 1. The predicted molar refractivity (Wildman–Crippen MR) is 113 cm³/mol. The molecular weight excluding hydrogens is 434 g/mol. The van der Waals surface area contributed by atoms with E-state index in [-0.39, 0.29) is 5.91 Å². The van der Waals surface area contributed by atoms with Crippen LogP contribution in [0, 0.1) is 20.8 Å². The van der Waals surface area contributed by atoms with Crippen LogP contribution in [0.3, 0.4) is 0 Å². The fraction of sp³-hybridized carbons (Fsp3) is 0.381. The Labute approximate surface area is 178 Å². The van der Waals surface area contributed by atoms with Crippen molar-refractivity contribution in [3.8, 4) is 5.69 Å². The average Bonchev–Trinajstić information content (AvgIpc) is 3.26. The fourth-order valence-electron chi connectivity index (χ4n) is 3.69. The summed E-state index contributed by atoms with van der Waals surface area (Å²) in [4.78, 5) is 17.3. The number of aryl methyl sites for hydroxylation is 2. The first-order chi connectivity index (χ1) is 13.9. The first-order valence-corrected chi connectivity index (χ1v) is 10.5. The van der Waals surface area contributed by atoms with E-state index in [0.29, 0.717) is 18.7 Å². The predicted octanol–water partition coefficient (Wildman–Crippen LogP) is 3.51. The zero-order valence-corrected chi connectivity index (χ0v) is 18.4. The molecule has 7 nitrogen and oxygen atoms in total. The van der Waals surface area contributed by atoms with Crippen LogP contribution in [-0.4, -0.2) is 56.8 Å². The minimum atomic E-state index is 0.0443. The molecule has 0 spiro atoms. The van der Waals surface area contributed by atoms with Crippen molar-refractivity contribution < 1.29 is 9.32 Å². The Bertz CT molecular complexity index is 997. The van der Waals surface area contributed by atoms with Gasteiger partial charge in [-0.15, -0.1) is 0 Å². The average molecular weight is 458 g/mol.